The van der Waals surface area contributed by atoms with Gasteiger partial charge in [-0.3, -0.25) is 9.69 Å². The SMILES string of the molecule is CCCCOc1ccc(C(=O)N(CCN(C)C)c2nc3c(OC)cccc3s2)cc1.Cl. The van der Waals surface area contributed by atoms with Crippen molar-refractivity contribution in [1.82, 2.24) is 9.88 Å². The van der Waals surface area contributed by atoms with Crippen LogP contribution in [0.25, 0.3) is 10.2 Å². The van der Waals surface area contributed by atoms with Gasteiger partial charge in [-0.05, 0) is 56.9 Å². The predicted octanol–water partition coefficient (Wildman–Crippen LogP) is 5.11. The molecular formula is C23H30ClN3O3S. The average molecular weight is 464 g/mol. The molecule has 1 amide bonds. The standard InChI is InChI=1S/C23H29N3O3S.ClH/c1-5-6-16-29-18-12-10-17(11-13-18)22(27)26(15-14-25(2)3)23-24-21-19(28-4)8-7-9-20(21)30-23;/h7-13H,5-6,14-16H2,1-4H3;1H. The Morgan fingerprint density at radius 1 is 1.10 bits per heavy atom. The number of carbonyl (C=O) groups excluding carboxylic acids is 1. The van der Waals surface area contributed by atoms with Crippen LogP contribution in [0.15, 0.2) is 42.5 Å². The van der Waals surface area contributed by atoms with Gasteiger partial charge in [-0.25, -0.2) is 4.98 Å². The summed E-state index contributed by atoms with van der Waals surface area (Å²) in [4.78, 5) is 21.9. The first-order chi connectivity index (χ1) is 14.5. The van der Waals surface area contributed by atoms with E-state index in [-0.39, 0.29) is 18.3 Å². The molecular weight excluding hydrogens is 434 g/mol. The Morgan fingerprint density at radius 3 is 2.48 bits per heavy atom. The monoisotopic (exact) mass is 463 g/mol. The summed E-state index contributed by atoms with van der Waals surface area (Å²) < 4.78 is 12.1. The summed E-state index contributed by atoms with van der Waals surface area (Å²) in [6, 6.07) is 13.2. The molecule has 168 valence electrons. The fourth-order valence-electron chi connectivity index (χ4n) is 2.96. The number of carbonyl (C=O) groups is 1. The van der Waals surface area contributed by atoms with Crippen LogP contribution < -0.4 is 14.4 Å². The Morgan fingerprint density at radius 2 is 1.84 bits per heavy atom. The Labute approximate surface area is 194 Å². The van der Waals surface area contributed by atoms with Gasteiger partial charge in [0.15, 0.2) is 5.13 Å². The molecule has 2 aromatic carbocycles. The minimum Gasteiger partial charge on any atom is -0.494 e. The first-order valence-electron chi connectivity index (χ1n) is 10.2. The lowest BCUT2D eigenvalue weighted by Crippen LogP contribution is -2.36. The Balaban J connectivity index is 0.00000341. The van der Waals surface area contributed by atoms with Crippen LogP contribution in [-0.2, 0) is 0 Å². The third-order valence-electron chi connectivity index (χ3n) is 4.71. The summed E-state index contributed by atoms with van der Waals surface area (Å²) in [5.74, 6) is 1.42. The molecule has 0 aliphatic heterocycles. The van der Waals surface area contributed by atoms with Gasteiger partial charge in [-0.2, -0.15) is 0 Å². The highest BCUT2D eigenvalue weighted by molar-refractivity contribution is 7.22. The van der Waals surface area contributed by atoms with Crippen molar-refractivity contribution in [3.63, 3.8) is 0 Å². The maximum atomic E-state index is 13.4. The van der Waals surface area contributed by atoms with Crippen LogP contribution in [-0.4, -0.2) is 56.7 Å². The third-order valence-corrected chi connectivity index (χ3v) is 5.75. The van der Waals surface area contributed by atoms with E-state index in [1.54, 1.807) is 12.0 Å². The van der Waals surface area contributed by atoms with E-state index in [0.29, 0.717) is 29.6 Å². The highest BCUT2D eigenvalue weighted by atomic mass is 35.5. The fraction of sp³-hybridized carbons (Fsp3) is 0.391. The van der Waals surface area contributed by atoms with Gasteiger partial charge in [0.1, 0.15) is 17.0 Å². The summed E-state index contributed by atoms with van der Waals surface area (Å²) in [6.07, 6.45) is 2.10. The number of aromatic nitrogens is 1. The Kier molecular flexibility index (Phi) is 9.55. The van der Waals surface area contributed by atoms with Crippen molar-refractivity contribution in [3.05, 3.63) is 48.0 Å². The van der Waals surface area contributed by atoms with Crippen molar-refractivity contribution in [2.24, 2.45) is 0 Å². The second-order valence-electron chi connectivity index (χ2n) is 7.29. The van der Waals surface area contributed by atoms with Gasteiger partial charge in [0.25, 0.3) is 5.91 Å². The molecule has 0 N–H and O–H groups in total. The number of amides is 1. The molecule has 0 saturated carbocycles. The lowest BCUT2D eigenvalue weighted by molar-refractivity contribution is 0.0985. The molecule has 31 heavy (non-hydrogen) atoms. The molecule has 0 radical (unpaired) electrons. The summed E-state index contributed by atoms with van der Waals surface area (Å²) >= 11 is 1.50. The topological polar surface area (TPSA) is 54.9 Å². The minimum absolute atomic E-state index is 0. The molecule has 0 unspecified atom stereocenters. The summed E-state index contributed by atoms with van der Waals surface area (Å²) in [5.41, 5.74) is 1.39. The normalized spacial score (nSPS) is 10.7. The number of fused-ring (bicyclic) bond motifs is 1. The van der Waals surface area contributed by atoms with Gasteiger partial charge in [-0.15, -0.1) is 12.4 Å². The van der Waals surface area contributed by atoms with Gasteiger partial charge in [-0.1, -0.05) is 30.7 Å². The number of unbranched alkanes of at least 4 members (excludes halogenated alkanes) is 1. The van der Waals surface area contributed by atoms with Crippen molar-refractivity contribution < 1.29 is 14.3 Å². The average Bonchev–Trinajstić information content (AvgIpc) is 3.18. The maximum Gasteiger partial charge on any atom is 0.260 e. The first-order valence-corrected chi connectivity index (χ1v) is 11.0. The van der Waals surface area contributed by atoms with Gasteiger partial charge < -0.3 is 14.4 Å². The van der Waals surface area contributed by atoms with E-state index in [9.17, 15) is 4.79 Å². The first kappa shape index (κ1) is 24.9. The lowest BCUT2D eigenvalue weighted by Gasteiger charge is -2.22. The summed E-state index contributed by atoms with van der Waals surface area (Å²) in [6.45, 7) is 4.09. The number of methoxy groups -OCH3 is 1. The van der Waals surface area contributed by atoms with Crippen molar-refractivity contribution in [2.45, 2.75) is 19.8 Å². The number of rotatable bonds is 10. The second-order valence-corrected chi connectivity index (χ2v) is 8.30. The zero-order chi connectivity index (χ0) is 21.5. The van der Waals surface area contributed by atoms with E-state index in [1.165, 1.54) is 11.3 Å². The molecule has 1 heterocycles. The quantitative estimate of drug-likeness (QED) is 0.391. The van der Waals surface area contributed by atoms with Gasteiger partial charge in [0, 0.05) is 18.7 Å². The molecule has 3 rings (SSSR count). The van der Waals surface area contributed by atoms with Crippen molar-refractivity contribution in [2.75, 3.05) is 45.8 Å². The number of halogens is 1. The highest BCUT2D eigenvalue weighted by Gasteiger charge is 2.22. The molecule has 0 aliphatic carbocycles. The van der Waals surface area contributed by atoms with Gasteiger partial charge >= 0.3 is 0 Å². The molecule has 0 fully saturated rings. The molecule has 3 aromatic rings. The van der Waals surface area contributed by atoms with Crippen molar-refractivity contribution >= 4 is 45.0 Å². The number of benzene rings is 2. The molecule has 8 heteroatoms. The van der Waals surface area contributed by atoms with Gasteiger partial charge in [0.2, 0.25) is 0 Å². The van der Waals surface area contributed by atoms with Crippen LogP contribution in [0, 0.1) is 0 Å². The Bertz CT molecular complexity index is 976. The number of hydrogen-bond donors (Lipinski definition) is 0. The Hall–Kier alpha value is -2.35. The number of hydrogen-bond acceptors (Lipinski definition) is 6. The number of para-hydroxylation sites is 1. The fourth-order valence-corrected chi connectivity index (χ4v) is 3.97. The van der Waals surface area contributed by atoms with Crippen molar-refractivity contribution in [3.8, 4) is 11.5 Å². The second kappa shape index (κ2) is 11.9. The molecule has 0 aliphatic rings. The molecule has 0 saturated heterocycles. The predicted molar refractivity (Wildman–Crippen MR) is 130 cm³/mol. The van der Waals surface area contributed by atoms with E-state index in [1.807, 2.05) is 56.6 Å². The van der Waals surface area contributed by atoms with E-state index in [4.69, 9.17) is 14.5 Å². The largest absolute Gasteiger partial charge is 0.494 e. The zero-order valence-corrected chi connectivity index (χ0v) is 20.1. The van der Waals surface area contributed by atoms with E-state index < -0.39 is 0 Å². The van der Waals surface area contributed by atoms with Crippen LogP contribution >= 0.6 is 23.7 Å². The molecule has 6 nitrogen and oxygen atoms in total. The molecule has 0 bridgehead atoms. The smallest absolute Gasteiger partial charge is 0.260 e. The third kappa shape index (κ3) is 6.32. The maximum absolute atomic E-state index is 13.4. The van der Waals surface area contributed by atoms with Crippen molar-refractivity contribution in [1.29, 1.82) is 0 Å². The number of likely N-dealkylation sites (N-methyl/N-ethyl adjacent to an activating group) is 1. The lowest BCUT2D eigenvalue weighted by atomic mass is 10.2. The number of ether oxygens (including phenoxy) is 2. The van der Waals surface area contributed by atoms with E-state index >= 15 is 0 Å². The van der Waals surface area contributed by atoms with Crippen LogP contribution in [0.4, 0.5) is 5.13 Å². The van der Waals surface area contributed by atoms with E-state index in [0.717, 1.165) is 35.4 Å². The van der Waals surface area contributed by atoms with Crippen LogP contribution in [0.5, 0.6) is 11.5 Å². The zero-order valence-electron chi connectivity index (χ0n) is 18.5. The number of thiazole rings is 1. The summed E-state index contributed by atoms with van der Waals surface area (Å²) in [7, 11) is 5.62. The highest BCUT2D eigenvalue weighted by Crippen LogP contribution is 2.34. The van der Waals surface area contributed by atoms with Crippen LogP contribution in [0.3, 0.4) is 0 Å². The van der Waals surface area contributed by atoms with E-state index in [2.05, 4.69) is 11.8 Å². The molecule has 0 spiro atoms. The van der Waals surface area contributed by atoms with Crippen LogP contribution in [0.1, 0.15) is 30.1 Å². The number of nitrogens with zero attached hydrogens (tertiary/aromatic N) is 3. The minimum atomic E-state index is -0.0741. The number of anilines is 1. The van der Waals surface area contributed by atoms with Crippen LogP contribution in [0.2, 0.25) is 0 Å². The molecule has 0 atom stereocenters. The summed E-state index contributed by atoms with van der Waals surface area (Å²) in [5, 5.41) is 0.671. The van der Waals surface area contributed by atoms with Gasteiger partial charge in [0.05, 0.1) is 18.4 Å². The molecule has 1 aromatic heterocycles.